The number of hydrogen-bond donors (Lipinski definition) is 1. The second-order valence-electron chi connectivity index (χ2n) is 4.62. The van der Waals surface area contributed by atoms with Crippen LogP contribution in [-0.4, -0.2) is 30.9 Å². The van der Waals surface area contributed by atoms with Crippen molar-refractivity contribution in [3.8, 4) is 0 Å². The summed E-state index contributed by atoms with van der Waals surface area (Å²) in [5.41, 5.74) is 0.912. The molecule has 2 heterocycles. The van der Waals surface area contributed by atoms with Gasteiger partial charge in [0.2, 0.25) is 0 Å². The Morgan fingerprint density at radius 1 is 1.59 bits per heavy atom. The number of rotatable bonds is 5. The Bertz CT molecular complexity index is 408. The highest BCUT2D eigenvalue weighted by molar-refractivity contribution is 5.07. The summed E-state index contributed by atoms with van der Waals surface area (Å²) in [5, 5.41) is 3.38. The molecule has 0 amide bonds. The second-order valence-corrected chi connectivity index (χ2v) is 4.62. The van der Waals surface area contributed by atoms with Crippen LogP contribution in [0.3, 0.4) is 0 Å². The maximum Gasteiger partial charge on any atom is 0.253 e. The van der Waals surface area contributed by atoms with Gasteiger partial charge in [-0.25, -0.2) is 0 Å². The fourth-order valence-electron chi connectivity index (χ4n) is 2.08. The highest BCUT2D eigenvalue weighted by Gasteiger charge is 2.14. The number of ether oxygens (including phenoxy) is 1. The van der Waals surface area contributed by atoms with Gasteiger partial charge in [-0.15, -0.1) is 0 Å². The smallest absolute Gasteiger partial charge is 0.253 e. The Kier molecular flexibility index (Phi) is 4.34. The van der Waals surface area contributed by atoms with E-state index in [1.165, 1.54) is 0 Å². The average molecular weight is 236 g/mol. The molecule has 1 aromatic heterocycles. The summed E-state index contributed by atoms with van der Waals surface area (Å²) >= 11 is 0. The SMILES string of the molecule is Cc1cccn(CCNCC2CCOC2)c1=O. The average Bonchev–Trinajstić information content (AvgIpc) is 2.83. The quantitative estimate of drug-likeness (QED) is 0.768. The summed E-state index contributed by atoms with van der Waals surface area (Å²) < 4.78 is 7.07. The van der Waals surface area contributed by atoms with Crippen LogP contribution < -0.4 is 10.9 Å². The number of pyridine rings is 1. The summed E-state index contributed by atoms with van der Waals surface area (Å²) in [6.45, 7) is 6.16. The van der Waals surface area contributed by atoms with E-state index in [4.69, 9.17) is 4.74 Å². The van der Waals surface area contributed by atoms with Gasteiger partial charge in [0.25, 0.3) is 5.56 Å². The normalized spacial score (nSPS) is 19.7. The van der Waals surface area contributed by atoms with Gasteiger partial charge in [-0.1, -0.05) is 6.07 Å². The highest BCUT2D eigenvalue weighted by atomic mass is 16.5. The molecule has 1 unspecified atom stereocenters. The van der Waals surface area contributed by atoms with Crippen molar-refractivity contribution in [3.63, 3.8) is 0 Å². The molecule has 1 aromatic rings. The molecule has 2 rings (SSSR count). The Morgan fingerprint density at radius 3 is 3.24 bits per heavy atom. The van der Waals surface area contributed by atoms with Gasteiger partial charge < -0.3 is 14.6 Å². The van der Waals surface area contributed by atoms with E-state index < -0.39 is 0 Å². The first-order valence-electron chi connectivity index (χ1n) is 6.22. The molecule has 1 saturated heterocycles. The van der Waals surface area contributed by atoms with Crippen molar-refractivity contribution in [3.05, 3.63) is 34.2 Å². The van der Waals surface area contributed by atoms with Crippen LogP contribution in [0.2, 0.25) is 0 Å². The lowest BCUT2D eigenvalue weighted by Crippen LogP contribution is -2.30. The summed E-state index contributed by atoms with van der Waals surface area (Å²) in [5.74, 6) is 0.643. The summed E-state index contributed by atoms with van der Waals surface area (Å²) in [6.07, 6.45) is 2.99. The van der Waals surface area contributed by atoms with Gasteiger partial charge >= 0.3 is 0 Å². The van der Waals surface area contributed by atoms with Crippen LogP contribution in [0, 0.1) is 12.8 Å². The zero-order valence-corrected chi connectivity index (χ0v) is 10.3. The monoisotopic (exact) mass is 236 g/mol. The van der Waals surface area contributed by atoms with E-state index in [9.17, 15) is 4.79 Å². The third-order valence-electron chi connectivity index (χ3n) is 3.20. The zero-order chi connectivity index (χ0) is 12.1. The molecule has 4 nitrogen and oxygen atoms in total. The van der Waals surface area contributed by atoms with Gasteiger partial charge in [-0.3, -0.25) is 4.79 Å². The van der Waals surface area contributed by atoms with Crippen LogP contribution in [0.5, 0.6) is 0 Å². The molecule has 1 atom stereocenters. The molecule has 0 saturated carbocycles. The first-order chi connectivity index (χ1) is 8.27. The number of aryl methyl sites for hydroxylation is 1. The van der Waals surface area contributed by atoms with Crippen molar-refractivity contribution in [1.29, 1.82) is 0 Å². The molecular formula is C13H20N2O2. The van der Waals surface area contributed by atoms with Crippen LogP contribution in [0.4, 0.5) is 0 Å². The summed E-state index contributed by atoms with van der Waals surface area (Å²) in [7, 11) is 0. The number of aromatic nitrogens is 1. The van der Waals surface area contributed by atoms with E-state index in [2.05, 4.69) is 5.32 Å². The topological polar surface area (TPSA) is 43.3 Å². The van der Waals surface area contributed by atoms with Crippen LogP contribution in [0.15, 0.2) is 23.1 Å². The Hall–Kier alpha value is -1.13. The number of nitrogens with one attached hydrogen (secondary N) is 1. The maximum absolute atomic E-state index is 11.7. The fourth-order valence-corrected chi connectivity index (χ4v) is 2.08. The van der Waals surface area contributed by atoms with Crippen LogP contribution in [-0.2, 0) is 11.3 Å². The van der Waals surface area contributed by atoms with Gasteiger partial charge in [0.15, 0.2) is 0 Å². The van der Waals surface area contributed by atoms with Crippen molar-refractivity contribution in [2.75, 3.05) is 26.3 Å². The van der Waals surface area contributed by atoms with E-state index >= 15 is 0 Å². The van der Waals surface area contributed by atoms with Gasteiger partial charge in [0, 0.05) is 38.0 Å². The maximum atomic E-state index is 11.7. The predicted octanol–water partition coefficient (Wildman–Crippen LogP) is 0.783. The molecule has 0 aliphatic carbocycles. The molecular weight excluding hydrogens is 216 g/mol. The lowest BCUT2D eigenvalue weighted by atomic mass is 10.1. The standard InChI is InChI=1S/C13H20N2O2/c1-11-3-2-6-15(13(11)16)7-5-14-9-12-4-8-17-10-12/h2-3,6,12,14H,4-5,7-10H2,1H3. The first kappa shape index (κ1) is 12.3. The van der Waals surface area contributed by atoms with E-state index in [1.807, 2.05) is 25.3 Å². The van der Waals surface area contributed by atoms with Crippen LogP contribution >= 0.6 is 0 Å². The van der Waals surface area contributed by atoms with E-state index in [-0.39, 0.29) is 5.56 Å². The minimum Gasteiger partial charge on any atom is -0.381 e. The molecule has 1 N–H and O–H groups in total. The Balaban J connectivity index is 1.74. The Labute approximate surface area is 102 Å². The van der Waals surface area contributed by atoms with E-state index in [1.54, 1.807) is 4.57 Å². The molecule has 0 bridgehead atoms. The molecule has 4 heteroatoms. The van der Waals surface area contributed by atoms with Gasteiger partial charge in [-0.2, -0.15) is 0 Å². The second kappa shape index (κ2) is 5.98. The van der Waals surface area contributed by atoms with Gasteiger partial charge in [0.05, 0.1) is 6.61 Å². The van der Waals surface area contributed by atoms with Crippen molar-refractivity contribution < 1.29 is 4.74 Å². The van der Waals surface area contributed by atoms with E-state index in [0.717, 1.165) is 44.8 Å². The summed E-state index contributed by atoms with van der Waals surface area (Å²) in [4.78, 5) is 11.7. The van der Waals surface area contributed by atoms with Crippen molar-refractivity contribution in [2.45, 2.75) is 19.9 Å². The minimum absolute atomic E-state index is 0.110. The summed E-state index contributed by atoms with van der Waals surface area (Å²) in [6, 6.07) is 3.77. The van der Waals surface area contributed by atoms with E-state index in [0.29, 0.717) is 5.92 Å². The third kappa shape index (κ3) is 3.41. The zero-order valence-electron chi connectivity index (χ0n) is 10.3. The third-order valence-corrected chi connectivity index (χ3v) is 3.20. The van der Waals surface area contributed by atoms with Crippen LogP contribution in [0.1, 0.15) is 12.0 Å². The molecule has 0 aromatic carbocycles. The molecule has 17 heavy (non-hydrogen) atoms. The molecule has 0 spiro atoms. The molecule has 94 valence electrons. The fraction of sp³-hybridized carbons (Fsp3) is 0.615. The molecule has 1 aliphatic heterocycles. The number of hydrogen-bond acceptors (Lipinski definition) is 3. The van der Waals surface area contributed by atoms with Crippen molar-refractivity contribution in [1.82, 2.24) is 9.88 Å². The lowest BCUT2D eigenvalue weighted by molar-refractivity contribution is 0.185. The van der Waals surface area contributed by atoms with Crippen molar-refractivity contribution in [2.24, 2.45) is 5.92 Å². The van der Waals surface area contributed by atoms with Gasteiger partial charge in [0.1, 0.15) is 0 Å². The number of nitrogens with zero attached hydrogens (tertiary/aromatic N) is 1. The minimum atomic E-state index is 0.110. The molecule has 1 aliphatic rings. The molecule has 0 radical (unpaired) electrons. The van der Waals surface area contributed by atoms with Crippen LogP contribution in [0.25, 0.3) is 0 Å². The Morgan fingerprint density at radius 2 is 2.47 bits per heavy atom. The predicted molar refractivity (Wildman–Crippen MR) is 67.2 cm³/mol. The molecule has 1 fully saturated rings. The first-order valence-corrected chi connectivity index (χ1v) is 6.22. The highest BCUT2D eigenvalue weighted by Crippen LogP contribution is 2.10. The lowest BCUT2D eigenvalue weighted by Gasteiger charge is -2.10. The van der Waals surface area contributed by atoms with Crippen molar-refractivity contribution >= 4 is 0 Å². The van der Waals surface area contributed by atoms with Gasteiger partial charge in [-0.05, 0) is 25.3 Å². The largest absolute Gasteiger partial charge is 0.381 e.